The average Bonchev–Trinajstić information content (AvgIpc) is 2.65. The van der Waals surface area contributed by atoms with Gasteiger partial charge in [-0.1, -0.05) is 6.07 Å². The van der Waals surface area contributed by atoms with Gasteiger partial charge < -0.3 is 19.7 Å². The molecule has 1 atom stereocenters. The highest BCUT2D eigenvalue weighted by Gasteiger charge is 2.28. The van der Waals surface area contributed by atoms with E-state index in [4.69, 9.17) is 9.47 Å². The Bertz CT molecular complexity index is 643. The van der Waals surface area contributed by atoms with Gasteiger partial charge in [0.1, 0.15) is 0 Å². The molecule has 0 aliphatic carbocycles. The van der Waals surface area contributed by atoms with Gasteiger partial charge in [-0.3, -0.25) is 9.79 Å². The minimum Gasteiger partial charge on any atom is -0.491 e. The summed E-state index contributed by atoms with van der Waals surface area (Å²) in [6, 6.07) is 4.92. The number of nitrogens with one attached hydrogen (secondary N) is 1. The van der Waals surface area contributed by atoms with Crippen molar-refractivity contribution in [2.45, 2.75) is 33.2 Å². The van der Waals surface area contributed by atoms with E-state index in [-0.39, 0.29) is 47.4 Å². The van der Waals surface area contributed by atoms with Crippen molar-refractivity contribution in [3.8, 4) is 5.75 Å². The predicted octanol–water partition coefficient (Wildman–Crippen LogP) is 3.19. The minimum absolute atomic E-state index is 0. The van der Waals surface area contributed by atoms with Gasteiger partial charge in [0.05, 0.1) is 19.1 Å². The fourth-order valence-corrected chi connectivity index (χ4v) is 3.06. The monoisotopic (exact) mass is 493 g/mol. The Morgan fingerprint density at radius 1 is 1.37 bits per heavy atom. The first-order valence-corrected chi connectivity index (χ1v) is 9.12. The van der Waals surface area contributed by atoms with Crippen LogP contribution in [-0.4, -0.2) is 50.2 Å². The highest BCUT2D eigenvalue weighted by molar-refractivity contribution is 14.0. The number of aliphatic imine (C=N–C) groups is 1. The summed E-state index contributed by atoms with van der Waals surface area (Å²) in [6.45, 7) is 6.30. The lowest BCUT2D eigenvalue weighted by atomic mass is 9.98. The molecule has 0 spiro atoms. The molecule has 8 heteroatoms. The van der Waals surface area contributed by atoms with Gasteiger partial charge in [0.2, 0.25) is 0 Å². The van der Waals surface area contributed by atoms with E-state index < -0.39 is 0 Å². The number of esters is 1. The number of nitrogens with zero attached hydrogens (tertiary/aromatic N) is 2. The molecule has 1 unspecified atom stereocenters. The summed E-state index contributed by atoms with van der Waals surface area (Å²) in [5, 5.41) is 3.24. The van der Waals surface area contributed by atoms with Gasteiger partial charge in [0, 0.05) is 26.7 Å². The molecule has 0 aromatic heterocycles. The summed E-state index contributed by atoms with van der Waals surface area (Å²) in [4.78, 5) is 18.3. The van der Waals surface area contributed by atoms with Crippen molar-refractivity contribution in [2.24, 2.45) is 10.9 Å². The van der Waals surface area contributed by atoms with Gasteiger partial charge in [-0.25, -0.2) is 4.39 Å². The molecule has 1 aliphatic heterocycles. The Hall–Kier alpha value is -1.58. The lowest BCUT2D eigenvalue weighted by Crippen LogP contribution is -2.48. The molecule has 1 saturated heterocycles. The molecule has 1 fully saturated rings. The van der Waals surface area contributed by atoms with Crippen LogP contribution in [0.5, 0.6) is 5.75 Å². The Morgan fingerprint density at radius 3 is 2.78 bits per heavy atom. The molecule has 0 bridgehead atoms. The molecular formula is C19H29FIN3O3. The third-order valence-electron chi connectivity index (χ3n) is 4.30. The second-order valence-corrected chi connectivity index (χ2v) is 6.14. The zero-order valence-electron chi connectivity index (χ0n) is 16.2. The maximum absolute atomic E-state index is 14.0. The number of hydrogen-bond acceptors (Lipinski definition) is 4. The molecule has 2 rings (SSSR count). The SMILES string of the molecule is CCOC(=O)C1CCCN(C(=NC)NCc2ccc(OCC)c(F)c2)C1.I. The van der Waals surface area contributed by atoms with Crippen molar-refractivity contribution in [3.05, 3.63) is 29.6 Å². The molecule has 0 saturated carbocycles. The van der Waals surface area contributed by atoms with Crippen LogP contribution < -0.4 is 10.1 Å². The van der Waals surface area contributed by atoms with Crippen LogP contribution in [-0.2, 0) is 16.1 Å². The van der Waals surface area contributed by atoms with E-state index in [2.05, 4.69) is 15.2 Å². The van der Waals surface area contributed by atoms with Crippen LogP contribution in [0.15, 0.2) is 23.2 Å². The van der Waals surface area contributed by atoms with E-state index in [1.54, 1.807) is 13.1 Å². The van der Waals surface area contributed by atoms with Gasteiger partial charge >= 0.3 is 5.97 Å². The molecule has 0 amide bonds. The molecule has 1 heterocycles. The number of likely N-dealkylation sites (tertiary alicyclic amines) is 1. The van der Waals surface area contributed by atoms with Crippen molar-refractivity contribution < 1.29 is 18.7 Å². The Morgan fingerprint density at radius 2 is 2.15 bits per heavy atom. The molecule has 1 N–H and O–H groups in total. The number of guanidine groups is 1. The number of rotatable bonds is 6. The maximum Gasteiger partial charge on any atom is 0.310 e. The smallest absolute Gasteiger partial charge is 0.310 e. The van der Waals surface area contributed by atoms with Crippen molar-refractivity contribution in [1.82, 2.24) is 10.2 Å². The topological polar surface area (TPSA) is 63.2 Å². The van der Waals surface area contributed by atoms with Gasteiger partial charge in [-0.2, -0.15) is 0 Å². The van der Waals surface area contributed by atoms with Gasteiger partial charge in [0.15, 0.2) is 17.5 Å². The Kier molecular flexibility index (Phi) is 10.4. The zero-order chi connectivity index (χ0) is 18.9. The number of ether oxygens (including phenoxy) is 2. The van der Waals surface area contributed by atoms with Crippen molar-refractivity contribution in [1.29, 1.82) is 0 Å². The Labute approximate surface area is 177 Å². The zero-order valence-corrected chi connectivity index (χ0v) is 18.5. The summed E-state index contributed by atoms with van der Waals surface area (Å²) in [5.74, 6) is 0.301. The first-order valence-electron chi connectivity index (χ1n) is 9.12. The van der Waals surface area contributed by atoms with Crippen LogP contribution in [0.25, 0.3) is 0 Å². The van der Waals surface area contributed by atoms with Crippen LogP contribution in [0.1, 0.15) is 32.3 Å². The molecule has 0 radical (unpaired) electrons. The highest BCUT2D eigenvalue weighted by Crippen LogP contribution is 2.20. The quantitative estimate of drug-likeness (QED) is 0.286. The second-order valence-electron chi connectivity index (χ2n) is 6.14. The second kappa shape index (κ2) is 12.0. The number of halogens is 2. The molecule has 152 valence electrons. The summed E-state index contributed by atoms with van der Waals surface area (Å²) >= 11 is 0. The molecule has 27 heavy (non-hydrogen) atoms. The van der Waals surface area contributed by atoms with Gasteiger partial charge in [-0.05, 0) is 44.4 Å². The minimum atomic E-state index is -0.374. The van der Waals surface area contributed by atoms with E-state index in [9.17, 15) is 9.18 Å². The van der Waals surface area contributed by atoms with Crippen LogP contribution in [0.4, 0.5) is 4.39 Å². The van der Waals surface area contributed by atoms with Crippen molar-refractivity contribution in [3.63, 3.8) is 0 Å². The predicted molar refractivity (Wildman–Crippen MR) is 114 cm³/mol. The van der Waals surface area contributed by atoms with E-state index in [1.165, 1.54) is 6.07 Å². The van der Waals surface area contributed by atoms with Crippen LogP contribution >= 0.6 is 24.0 Å². The number of carbonyl (C=O) groups excluding carboxylic acids is 1. The highest BCUT2D eigenvalue weighted by atomic mass is 127. The number of benzene rings is 1. The lowest BCUT2D eigenvalue weighted by molar-refractivity contribution is -0.149. The molecule has 1 aromatic rings. The normalized spacial score (nSPS) is 17.1. The van der Waals surface area contributed by atoms with Crippen LogP contribution in [0, 0.1) is 11.7 Å². The van der Waals surface area contributed by atoms with Gasteiger partial charge in [-0.15, -0.1) is 24.0 Å². The standard InChI is InChI=1S/C19H28FN3O3.HI/c1-4-25-17-9-8-14(11-16(17)20)12-22-19(21-3)23-10-6-7-15(13-23)18(24)26-5-2;/h8-9,11,15H,4-7,10,12-13H2,1-3H3,(H,21,22);1H. The molecular weight excluding hydrogens is 464 g/mol. The van der Waals surface area contributed by atoms with E-state index in [1.807, 2.05) is 19.9 Å². The first-order chi connectivity index (χ1) is 12.6. The fourth-order valence-electron chi connectivity index (χ4n) is 3.06. The average molecular weight is 493 g/mol. The number of carbonyl (C=O) groups is 1. The number of piperidine rings is 1. The first kappa shape index (κ1) is 23.5. The van der Waals surface area contributed by atoms with Crippen LogP contribution in [0.3, 0.4) is 0 Å². The van der Waals surface area contributed by atoms with E-state index in [0.717, 1.165) is 24.9 Å². The summed E-state index contributed by atoms with van der Waals surface area (Å²) in [6.07, 6.45) is 1.73. The maximum atomic E-state index is 14.0. The fraction of sp³-hybridized carbons (Fsp3) is 0.579. The largest absolute Gasteiger partial charge is 0.491 e. The third-order valence-corrected chi connectivity index (χ3v) is 4.30. The molecule has 6 nitrogen and oxygen atoms in total. The van der Waals surface area contributed by atoms with Crippen molar-refractivity contribution in [2.75, 3.05) is 33.4 Å². The lowest BCUT2D eigenvalue weighted by Gasteiger charge is -2.34. The summed E-state index contributed by atoms with van der Waals surface area (Å²) in [5.41, 5.74) is 0.797. The Balaban J connectivity index is 0.00000364. The summed E-state index contributed by atoms with van der Waals surface area (Å²) in [7, 11) is 1.70. The van der Waals surface area contributed by atoms with Gasteiger partial charge in [0.25, 0.3) is 0 Å². The number of hydrogen-bond donors (Lipinski definition) is 1. The third kappa shape index (κ3) is 6.82. The van der Waals surface area contributed by atoms with E-state index in [0.29, 0.717) is 32.3 Å². The van der Waals surface area contributed by atoms with E-state index >= 15 is 0 Å². The van der Waals surface area contributed by atoms with Crippen molar-refractivity contribution >= 4 is 35.9 Å². The summed E-state index contributed by atoms with van der Waals surface area (Å²) < 4.78 is 24.3. The molecule has 1 aliphatic rings. The van der Waals surface area contributed by atoms with Crippen LogP contribution in [0.2, 0.25) is 0 Å². The molecule has 1 aromatic carbocycles.